The molecular formula is C12H14ClN5. The van der Waals surface area contributed by atoms with Gasteiger partial charge in [0.1, 0.15) is 18.0 Å². The predicted octanol–water partition coefficient (Wildman–Crippen LogP) is 2.34. The molecule has 0 saturated carbocycles. The number of hydrogen-bond donors (Lipinski definition) is 3. The minimum Gasteiger partial charge on any atom is -0.366 e. The molecule has 1 aromatic carbocycles. The zero-order chi connectivity index (χ0) is 13.0. The minimum atomic E-state index is 0.614. The number of hydrazine groups is 1. The number of aromatic nitrogens is 2. The third kappa shape index (κ3) is 2.88. The molecule has 0 unspecified atom stereocenters. The summed E-state index contributed by atoms with van der Waals surface area (Å²) in [4.78, 5) is 8.20. The molecule has 4 N–H and O–H groups in total. The van der Waals surface area contributed by atoms with E-state index in [2.05, 4.69) is 20.7 Å². The van der Waals surface area contributed by atoms with Crippen molar-refractivity contribution in [1.29, 1.82) is 0 Å². The maximum atomic E-state index is 5.83. The first-order chi connectivity index (χ1) is 8.70. The van der Waals surface area contributed by atoms with Crippen LogP contribution >= 0.6 is 11.6 Å². The van der Waals surface area contributed by atoms with Gasteiger partial charge in [0.05, 0.1) is 0 Å². The largest absolute Gasteiger partial charge is 0.366 e. The van der Waals surface area contributed by atoms with E-state index in [-0.39, 0.29) is 0 Å². The van der Waals surface area contributed by atoms with Crippen LogP contribution in [0.4, 0.5) is 11.6 Å². The van der Waals surface area contributed by atoms with Crippen molar-refractivity contribution in [3.8, 4) is 0 Å². The van der Waals surface area contributed by atoms with Crippen molar-refractivity contribution in [1.82, 2.24) is 9.97 Å². The van der Waals surface area contributed by atoms with Crippen LogP contribution in [0.1, 0.15) is 11.1 Å². The summed E-state index contributed by atoms with van der Waals surface area (Å²) in [5, 5.41) is 3.96. The molecular weight excluding hydrogens is 250 g/mol. The lowest BCUT2D eigenvalue weighted by Gasteiger charge is -2.10. The summed E-state index contributed by atoms with van der Waals surface area (Å²) in [6.45, 7) is 2.57. The fourth-order valence-electron chi connectivity index (χ4n) is 1.56. The Bertz CT molecular complexity index is 526. The van der Waals surface area contributed by atoms with Crippen LogP contribution in [-0.4, -0.2) is 9.97 Å². The maximum Gasteiger partial charge on any atom is 0.148 e. The summed E-state index contributed by atoms with van der Waals surface area (Å²) in [5.41, 5.74) is 4.54. The highest BCUT2D eigenvalue weighted by Crippen LogP contribution is 2.18. The highest BCUT2D eigenvalue weighted by Gasteiger charge is 2.05. The molecule has 0 aliphatic heterocycles. The summed E-state index contributed by atoms with van der Waals surface area (Å²) in [6.07, 6.45) is 1.46. The molecule has 1 aromatic heterocycles. The van der Waals surface area contributed by atoms with Gasteiger partial charge in [0, 0.05) is 17.1 Å². The van der Waals surface area contributed by atoms with E-state index < -0.39 is 0 Å². The molecule has 0 saturated heterocycles. The summed E-state index contributed by atoms with van der Waals surface area (Å²) >= 11 is 5.83. The van der Waals surface area contributed by atoms with Gasteiger partial charge < -0.3 is 10.7 Å². The zero-order valence-corrected chi connectivity index (χ0v) is 10.7. The van der Waals surface area contributed by atoms with E-state index in [1.165, 1.54) is 6.33 Å². The van der Waals surface area contributed by atoms with E-state index in [0.29, 0.717) is 12.4 Å². The lowest BCUT2D eigenvalue weighted by molar-refractivity contribution is 1.05. The second-order valence-corrected chi connectivity index (χ2v) is 4.26. The van der Waals surface area contributed by atoms with E-state index in [0.717, 1.165) is 22.0 Å². The highest BCUT2D eigenvalue weighted by molar-refractivity contribution is 6.30. The van der Waals surface area contributed by atoms with Gasteiger partial charge in [-0.3, -0.25) is 0 Å². The number of nitrogen functional groups attached to an aromatic ring is 1. The van der Waals surface area contributed by atoms with Crippen LogP contribution in [0.2, 0.25) is 5.02 Å². The Kier molecular flexibility index (Phi) is 3.96. The Hall–Kier alpha value is -1.85. The molecule has 18 heavy (non-hydrogen) atoms. The Morgan fingerprint density at radius 2 is 1.83 bits per heavy atom. The normalized spacial score (nSPS) is 10.2. The third-order valence-corrected chi connectivity index (χ3v) is 2.85. The van der Waals surface area contributed by atoms with E-state index >= 15 is 0 Å². The van der Waals surface area contributed by atoms with Crippen LogP contribution in [-0.2, 0) is 6.54 Å². The van der Waals surface area contributed by atoms with Crippen LogP contribution < -0.4 is 16.6 Å². The number of nitrogens with one attached hydrogen (secondary N) is 2. The van der Waals surface area contributed by atoms with Crippen LogP contribution in [0.5, 0.6) is 0 Å². The number of rotatable bonds is 4. The first kappa shape index (κ1) is 12.6. The minimum absolute atomic E-state index is 0.614. The first-order valence-corrected chi connectivity index (χ1v) is 5.85. The molecule has 94 valence electrons. The van der Waals surface area contributed by atoms with E-state index in [1.807, 2.05) is 31.2 Å². The van der Waals surface area contributed by atoms with Crippen molar-refractivity contribution >= 4 is 23.2 Å². The summed E-state index contributed by atoms with van der Waals surface area (Å²) in [6, 6.07) is 7.65. The second kappa shape index (κ2) is 5.66. The van der Waals surface area contributed by atoms with Crippen molar-refractivity contribution < 1.29 is 0 Å². The van der Waals surface area contributed by atoms with Crippen molar-refractivity contribution in [2.24, 2.45) is 5.84 Å². The standard InChI is InChI=1S/C12H14ClN5/c1-8-11(16-7-17-12(8)18-14)15-6-9-2-4-10(13)5-3-9/h2-5,7H,6,14H2,1H3,(H2,15,16,17,18). The number of hydrogen-bond acceptors (Lipinski definition) is 5. The fourth-order valence-corrected chi connectivity index (χ4v) is 1.69. The Morgan fingerprint density at radius 1 is 1.17 bits per heavy atom. The average Bonchev–Trinajstić information content (AvgIpc) is 2.39. The van der Waals surface area contributed by atoms with Gasteiger partial charge >= 0.3 is 0 Å². The number of halogens is 1. The predicted molar refractivity (Wildman–Crippen MR) is 73.4 cm³/mol. The lowest BCUT2D eigenvalue weighted by atomic mass is 10.2. The maximum absolute atomic E-state index is 5.83. The van der Waals surface area contributed by atoms with E-state index in [1.54, 1.807) is 0 Å². The van der Waals surface area contributed by atoms with Gasteiger partial charge in [0.2, 0.25) is 0 Å². The topological polar surface area (TPSA) is 75.9 Å². The molecule has 2 aromatic rings. The van der Waals surface area contributed by atoms with Gasteiger partial charge in [-0.1, -0.05) is 23.7 Å². The molecule has 0 bridgehead atoms. The first-order valence-electron chi connectivity index (χ1n) is 5.47. The molecule has 5 nitrogen and oxygen atoms in total. The van der Waals surface area contributed by atoms with E-state index in [4.69, 9.17) is 17.4 Å². The van der Waals surface area contributed by atoms with Gasteiger partial charge in [-0.15, -0.1) is 0 Å². The number of benzene rings is 1. The van der Waals surface area contributed by atoms with Crippen molar-refractivity contribution in [2.75, 3.05) is 10.7 Å². The smallest absolute Gasteiger partial charge is 0.148 e. The van der Waals surface area contributed by atoms with E-state index in [9.17, 15) is 0 Å². The molecule has 0 radical (unpaired) electrons. The molecule has 0 aliphatic carbocycles. The van der Waals surface area contributed by atoms with Gasteiger partial charge in [-0.2, -0.15) is 0 Å². The monoisotopic (exact) mass is 263 g/mol. The molecule has 0 amide bonds. The van der Waals surface area contributed by atoms with Crippen LogP contribution in [0, 0.1) is 6.92 Å². The average molecular weight is 264 g/mol. The van der Waals surface area contributed by atoms with Gasteiger partial charge in [-0.25, -0.2) is 15.8 Å². The van der Waals surface area contributed by atoms with Crippen molar-refractivity contribution in [3.63, 3.8) is 0 Å². The Balaban J connectivity index is 2.08. The SMILES string of the molecule is Cc1c(NN)ncnc1NCc1ccc(Cl)cc1. The summed E-state index contributed by atoms with van der Waals surface area (Å²) in [7, 11) is 0. The fraction of sp³-hybridized carbons (Fsp3) is 0.167. The number of nitrogens with two attached hydrogens (primary N) is 1. The van der Waals surface area contributed by atoms with Crippen molar-refractivity contribution in [2.45, 2.75) is 13.5 Å². The quantitative estimate of drug-likeness (QED) is 0.583. The van der Waals surface area contributed by atoms with Gasteiger partial charge in [-0.05, 0) is 24.6 Å². The summed E-state index contributed by atoms with van der Waals surface area (Å²) < 4.78 is 0. The molecule has 0 fully saturated rings. The number of nitrogens with zero attached hydrogens (tertiary/aromatic N) is 2. The molecule has 0 aliphatic rings. The second-order valence-electron chi connectivity index (χ2n) is 3.82. The molecule has 1 heterocycles. The molecule has 0 atom stereocenters. The Labute approximate surface area is 110 Å². The van der Waals surface area contributed by atoms with Crippen LogP contribution in [0.3, 0.4) is 0 Å². The summed E-state index contributed by atoms with van der Waals surface area (Å²) in [5.74, 6) is 6.73. The van der Waals surface area contributed by atoms with Gasteiger partial charge in [0.15, 0.2) is 0 Å². The third-order valence-electron chi connectivity index (χ3n) is 2.59. The molecule has 6 heteroatoms. The van der Waals surface area contributed by atoms with Gasteiger partial charge in [0.25, 0.3) is 0 Å². The van der Waals surface area contributed by atoms with Crippen LogP contribution in [0.15, 0.2) is 30.6 Å². The van der Waals surface area contributed by atoms with Crippen molar-refractivity contribution in [3.05, 3.63) is 46.7 Å². The zero-order valence-electron chi connectivity index (χ0n) is 9.94. The lowest BCUT2D eigenvalue weighted by Crippen LogP contribution is -2.12. The molecule has 2 rings (SSSR count). The number of anilines is 2. The molecule has 0 spiro atoms. The highest BCUT2D eigenvalue weighted by atomic mass is 35.5. The van der Waals surface area contributed by atoms with Crippen LogP contribution in [0.25, 0.3) is 0 Å². The Morgan fingerprint density at radius 3 is 2.50 bits per heavy atom.